The van der Waals surface area contributed by atoms with Crippen molar-refractivity contribution in [1.29, 1.82) is 0 Å². The van der Waals surface area contributed by atoms with Crippen LogP contribution in [0.3, 0.4) is 0 Å². The first-order valence-electron chi connectivity index (χ1n) is 7.19. The van der Waals surface area contributed by atoms with Gasteiger partial charge in [0.25, 0.3) is 0 Å². The molecule has 6 heteroatoms. The van der Waals surface area contributed by atoms with E-state index in [1.807, 2.05) is 24.3 Å². The van der Waals surface area contributed by atoms with Gasteiger partial charge in [-0.3, -0.25) is 9.59 Å². The van der Waals surface area contributed by atoms with Gasteiger partial charge < -0.3 is 9.84 Å². The molecule has 0 amide bonds. The van der Waals surface area contributed by atoms with Gasteiger partial charge in [0.05, 0.1) is 12.1 Å². The Morgan fingerprint density at radius 3 is 2.61 bits per heavy atom. The molecule has 1 aromatic heterocycles. The first-order valence-corrected chi connectivity index (χ1v) is 8.07. The smallest absolute Gasteiger partial charge is 0.309 e. The van der Waals surface area contributed by atoms with Gasteiger partial charge in [-0.05, 0) is 17.0 Å². The van der Waals surface area contributed by atoms with Gasteiger partial charge in [-0.25, -0.2) is 4.98 Å². The summed E-state index contributed by atoms with van der Waals surface area (Å²) in [6, 6.07) is 7.62. The van der Waals surface area contributed by atoms with Gasteiger partial charge in [0.2, 0.25) is 5.78 Å². The number of Topliss-reactive ketones (excluding diaryl/α,β-unsaturated/α-hetero) is 1. The Morgan fingerprint density at radius 2 is 1.96 bits per heavy atom. The first kappa shape index (κ1) is 17.1. The number of rotatable bonds is 6. The number of aromatic nitrogens is 1. The molecule has 0 atom stereocenters. The number of hydrogen-bond acceptors (Lipinski definition) is 5. The monoisotopic (exact) mass is 333 g/mol. The number of thiazole rings is 1. The molecule has 0 radical (unpaired) electrons. The van der Waals surface area contributed by atoms with E-state index in [2.05, 4.69) is 25.8 Å². The average molecular weight is 333 g/mol. The van der Waals surface area contributed by atoms with Crippen molar-refractivity contribution in [2.45, 2.75) is 32.6 Å². The molecule has 0 saturated heterocycles. The fourth-order valence-corrected chi connectivity index (χ4v) is 2.83. The third-order valence-electron chi connectivity index (χ3n) is 3.18. The maximum Gasteiger partial charge on any atom is 0.309 e. The Balaban J connectivity index is 2.05. The normalized spacial score (nSPS) is 11.3. The van der Waals surface area contributed by atoms with Gasteiger partial charge in [0.1, 0.15) is 5.75 Å². The zero-order valence-corrected chi connectivity index (χ0v) is 14.1. The molecule has 0 saturated carbocycles. The van der Waals surface area contributed by atoms with Gasteiger partial charge >= 0.3 is 5.97 Å². The van der Waals surface area contributed by atoms with Crippen LogP contribution in [-0.4, -0.2) is 28.4 Å². The fourth-order valence-electron chi connectivity index (χ4n) is 2.09. The molecule has 2 rings (SSSR count). The minimum absolute atomic E-state index is 0.0878. The summed E-state index contributed by atoms with van der Waals surface area (Å²) in [5.41, 5.74) is 1.33. The molecular weight excluding hydrogens is 314 g/mol. The minimum atomic E-state index is -0.968. The van der Waals surface area contributed by atoms with Crippen LogP contribution in [0.1, 0.15) is 41.8 Å². The SMILES string of the molecule is CC(C)(C)c1ccccc1OCC(=O)c1nc(CC(=O)O)cs1. The molecule has 0 aliphatic heterocycles. The summed E-state index contributed by atoms with van der Waals surface area (Å²) in [4.78, 5) is 26.8. The lowest BCUT2D eigenvalue weighted by atomic mass is 9.86. The van der Waals surface area contributed by atoms with Crippen LogP contribution >= 0.6 is 11.3 Å². The highest BCUT2D eigenvalue weighted by Gasteiger charge is 2.20. The van der Waals surface area contributed by atoms with E-state index in [0.717, 1.165) is 16.9 Å². The van der Waals surface area contributed by atoms with Crippen molar-refractivity contribution in [2.24, 2.45) is 0 Å². The van der Waals surface area contributed by atoms with Crippen LogP contribution < -0.4 is 4.74 Å². The molecule has 0 aliphatic rings. The van der Waals surface area contributed by atoms with Crippen molar-refractivity contribution in [3.05, 3.63) is 45.9 Å². The van der Waals surface area contributed by atoms with Crippen molar-refractivity contribution < 1.29 is 19.4 Å². The molecule has 122 valence electrons. The van der Waals surface area contributed by atoms with Crippen molar-refractivity contribution in [2.75, 3.05) is 6.61 Å². The number of nitrogens with zero attached hydrogens (tertiary/aromatic N) is 1. The number of ketones is 1. The van der Waals surface area contributed by atoms with E-state index in [-0.39, 0.29) is 29.2 Å². The molecule has 1 heterocycles. The second-order valence-corrected chi connectivity index (χ2v) is 7.03. The van der Waals surface area contributed by atoms with Gasteiger partial charge in [-0.15, -0.1) is 11.3 Å². The molecule has 2 aromatic rings. The Bertz CT molecular complexity index is 715. The fraction of sp³-hybridized carbons (Fsp3) is 0.353. The quantitative estimate of drug-likeness (QED) is 0.821. The topological polar surface area (TPSA) is 76.5 Å². The van der Waals surface area contributed by atoms with Crippen molar-refractivity contribution in [1.82, 2.24) is 4.98 Å². The molecule has 5 nitrogen and oxygen atoms in total. The van der Waals surface area contributed by atoms with Gasteiger partial charge in [-0.1, -0.05) is 39.0 Å². The maximum atomic E-state index is 12.2. The second kappa shape index (κ2) is 6.91. The second-order valence-electron chi connectivity index (χ2n) is 6.17. The molecule has 0 unspecified atom stereocenters. The number of aliphatic carboxylic acids is 1. The van der Waals surface area contributed by atoms with Crippen LogP contribution in [-0.2, 0) is 16.6 Å². The molecule has 23 heavy (non-hydrogen) atoms. The standard InChI is InChI=1S/C17H19NO4S/c1-17(2,3)12-6-4-5-7-14(12)22-9-13(19)16-18-11(10-23-16)8-15(20)21/h4-7,10H,8-9H2,1-3H3,(H,20,21). The maximum absolute atomic E-state index is 12.2. The van der Waals surface area contributed by atoms with E-state index in [9.17, 15) is 9.59 Å². The Labute approximate surface area is 138 Å². The van der Waals surface area contributed by atoms with Gasteiger partial charge in [-0.2, -0.15) is 0 Å². The van der Waals surface area contributed by atoms with Crippen molar-refractivity contribution >= 4 is 23.1 Å². The van der Waals surface area contributed by atoms with Crippen LogP contribution in [0.15, 0.2) is 29.6 Å². The van der Waals surface area contributed by atoms with Crippen molar-refractivity contribution in [3.63, 3.8) is 0 Å². The Kier molecular flexibility index (Phi) is 5.15. The summed E-state index contributed by atoms with van der Waals surface area (Å²) < 4.78 is 5.67. The number of ether oxygens (including phenoxy) is 1. The lowest BCUT2D eigenvalue weighted by Gasteiger charge is -2.22. The third kappa shape index (κ3) is 4.63. The molecule has 0 aliphatic carbocycles. The molecule has 1 aromatic carbocycles. The zero-order chi connectivity index (χ0) is 17.0. The van der Waals surface area contributed by atoms with E-state index in [4.69, 9.17) is 9.84 Å². The average Bonchev–Trinajstić information content (AvgIpc) is 2.92. The summed E-state index contributed by atoms with van der Waals surface area (Å²) in [6.07, 6.45) is -0.183. The molecular formula is C17H19NO4S. The number of para-hydroxylation sites is 1. The number of carboxylic acid groups (broad SMARTS) is 1. The van der Waals surface area contributed by atoms with Crippen LogP contribution in [0.25, 0.3) is 0 Å². The van der Waals surface area contributed by atoms with Crippen LogP contribution in [0.4, 0.5) is 0 Å². The molecule has 0 bridgehead atoms. The van der Waals surface area contributed by atoms with E-state index in [1.165, 1.54) is 0 Å². The minimum Gasteiger partial charge on any atom is -0.485 e. The number of carboxylic acids is 1. The van der Waals surface area contributed by atoms with E-state index in [1.54, 1.807) is 5.38 Å². The number of carbonyl (C=O) groups is 2. The van der Waals surface area contributed by atoms with Gasteiger partial charge in [0.15, 0.2) is 11.6 Å². The predicted molar refractivity (Wildman–Crippen MR) is 88.4 cm³/mol. The molecule has 1 N–H and O–H groups in total. The molecule has 0 fully saturated rings. The Morgan fingerprint density at radius 1 is 1.26 bits per heavy atom. The third-order valence-corrected chi connectivity index (χ3v) is 4.11. The highest BCUT2D eigenvalue weighted by molar-refractivity contribution is 7.11. The Hall–Kier alpha value is -2.21. The summed E-state index contributed by atoms with van der Waals surface area (Å²) in [7, 11) is 0. The lowest BCUT2D eigenvalue weighted by Crippen LogP contribution is -2.17. The number of carbonyl (C=O) groups excluding carboxylic acids is 1. The van der Waals surface area contributed by atoms with Crippen LogP contribution in [0.2, 0.25) is 0 Å². The van der Waals surface area contributed by atoms with Crippen LogP contribution in [0, 0.1) is 0 Å². The summed E-state index contributed by atoms with van der Waals surface area (Å²) in [5.74, 6) is -0.546. The molecule has 0 spiro atoms. The predicted octanol–water partition coefficient (Wildman–Crippen LogP) is 3.33. The van der Waals surface area contributed by atoms with Gasteiger partial charge in [0, 0.05) is 5.38 Å². The number of hydrogen-bond donors (Lipinski definition) is 1. The van der Waals surface area contributed by atoms with Crippen LogP contribution in [0.5, 0.6) is 5.75 Å². The lowest BCUT2D eigenvalue weighted by molar-refractivity contribution is -0.136. The summed E-state index contributed by atoms with van der Waals surface area (Å²) >= 11 is 1.14. The first-order chi connectivity index (χ1) is 10.8. The van der Waals surface area contributed by atoms with E-state index >= 15 is 0 Å². The zero-order valence-electron chi connectivity index (χ0n) is 13.3. The van der Waals surface area contributed by atoms with E-state index < -0.39 is 5.97 Å². The highest BCUT2D eigenvalue weighted by atomic mass is 32.1. The largest absolute Gasteiger partial charge is 0.485 e. The van der Waals surface area contributed by atoms with E-state index in [0.29, 0.717) is 11.4 Å². The summed E-state index contributed by atoms with van der Waals surface area (Å²) in [6.45, 7) is 6.12. The highest BCUT2D eigenvalue weighted by Crippen LogP contribution is 2.31. The van der Waals surface area contributed by atoms with Crippen molar-refractivity contribution in [3.8, 4) is 5.75 Å². The summed E-state index contributed by atoms with van der Waals surface area (Å²) in [5, 5.41) is 10.6. The number of benzene rings is 1.